The van der Waals surface area contributed by atoms with Crippen molar-refractivity contribution in [1.29, 1.82) is 0 Å². The molecule has 2 saturated heterocycles. The molecule has 2 amide bonds. The maximum absolute atomic E-state index is 13.0. The van der Waals surface area contributed by atoms with Crippen LogP contribution in [0.15, 0.2) is 42.6 Å². The minimum atomic E-state index is -0.528. The fourth-order valence-electron chi connectivity index (χ4n) is 4.63. The van der Waals surface area contributed by atoms with E-state index in [1.807, 2.05) is 43.0 Å². The highest BCUT2D eigenvalue weighted by Crippen LogP contribution is 2.30. The van der Waals surface area contributed by atoms with Crippen LogP contribution in [0.1, 0.15) is 60.6 Å². The Balaban J connectivity index is 1.40. The van der Waals surface area contributed by atoms with Crippen LogP contribution in [0.3, 0.4) is 0 Å². The number of rotatable bonds is 5. The molecule has 2 aromatic rings. The summed E-state index contributed by atoms with van der Waals surface area (Å²) in [6.45, 7) is 6.98. The van der Waals surface area contributed by atoms with E-state index in [-0.39, 0.29) is 17.7 Å². The molecule has 7 nitrogen and oxygen atoms in total. The summed E-state index contributed by atoms with van der Waals surface area (Å²) >= 11 is 0. The molecule has 31 heavy (non-hydrogen) atoms. The Hall–Kier alpha value is -2.80. The van der Waals surface area contributed by atoms with Gasteiger partial charge < -0.3 is 15.5 Å². The van der Waals surface area contributed by atoms with Crippen LogP contribution in [-0.4, -0.2) is 53.1 Å². The molecule has 164 valence electrons. The third-order valence-corrected chi connectivity index (χ3v) is 6.52. The molecule has 0 unspecified atom stereocenters. The Morgan fingerprint density at radius 3 is 2.48 bits per heavy atom. The lowest BCUT2D eigenvalue weighted by molar-refractivity contribution is -0.135. The first-order valence-electron chi connectivity index (χ1n) is 11.2. The largest absolute Gasteiger partial charge is 0.342 e. The number of carbonyl (C=O) groups is 2. The Morgan fingerprint density at radius 1 is 1.16 bits per heavy atom. The molecule has 0 bridgehead atoms. The molecule has 4 rings (SSSR count). The van der Waals surface area contributed by atoms with Gasteiger partial charge in [-0.15, -0.1) is 0 Å². The summed E-state index contributed by atoms with van der Waals surface area (Å²) in [6.07, 6.45) is 4.35. The van der Waals surface area contributed by atoms with Gasteiger partial charge >= 0.3 is 0 Å². The Kier molecular flexibility index (Phi) is 6.32. The summed E-state index contributed by atoms with van der Waals surface area (Å²) in [5, 5.41) is 14.8. The lowest BCUT2D eigenvalue weighted by atomic mass is 9.88. The highest BCUT2D eigenvalue weighted by Gasteiger charge is 2.39. The lowest BCUT2D eigenvalue weighted by Gasteiger charge is -2.33. The van der Waals surface area contributed by atoms with Crippen molar-refractivity contribution in [3.8, 4) is 0 Å². The van der Waals surface area contributed by atoms with Gasteiger partial charge in [0, 0.05) is 37.3 Å². The minimum Gasteiger partial charge on any atom is -0.342 e. The number of nitrogens with zero attached hydrogens (tertiary/aromatic N) is 3. The molecule has 2 fully saturated rings. The van der Waals surface area contributed by atoms with E-state index >= 15 is 0 Å². The number of carbonyl (C=O) groups excluding carboxylic acids is 2. The quantitative estimate of drug-likeness (QED) is 0.774. The van der Waals surface area contributed by atoms with Crippen LogP contribution in [0.2, 0.25) is 0 Å². The molecule has 0 saturated carbocycles. The highest BCUT2D eigenvalue weighted by atomic mass is 16.2. The Morgan fingerprint density at radius 2 is 1.90 bits per heavy atom. The van der Waals surface area contributed by atoms with E-state index in [4.69, 9.17) is 0 Å². The summed E-state index contributed by atoms with van der Waals surface area (Å²) in [7, 11) is 0. The summed E-state index contributed by atoms with van der Waals surface area (Å²) < 4.78 is 0. The van der Waals surface area contributed by atoms with Crippen molar-refractivity contribution in [2.75, 3.05) is 26.2 Å². The third-order valence-electron chi connectivity index (χ3n) is 6.52. The smallest absolute Gasteiger partial charge is 0.252 e. The van der Waals surface area contributed by atoms with E-state index < -0.39 is 5.54 Å². The minimum absolute atomic E-state index is 0.0505. The standard InChI is InChI=1S/C24H31N5O2/c1-17(2)23(31)29-14-9-19(10-15-29)18-5-7-20(8-6-18)22(30)27-24(11-13-25-16-24)21-4-3-12-26-28-21/h3-8,12,17,19,25H,9-11,13-16H2,1-2H3,(H,27,30)/t24-/m0/s1. The molecule has 2 aliphatic rings. The predicted molar refractivity (Wildman–Crippen MR) is 118 cm³/mol. The number of piperidine rings is 1. The maximum Gasteiger partial charge on any atom is 0.252 e. The van der Waals surface area contributed by atoms with E-state index in [9.17, 15) is 9.59 Å². The number of aromatic nitrogens is 2. The first-order valence-corrected chi connectivity index (χ1v) is 11.2. The second kappa shape index (κ2) is 9.14. The van der Waals surface area contributed by atoms with E-state index in [1.165, 1.54) is 5.56 Å². The SMILES string of the molecule is CC(C)C(=O)N1CCC(c2ccc(C(=O)N[C@@]3(c4cccnn4)CCNC3)cc2)CC1. The van der Waals surface area contributed by atoms with Gasteiger partial charge in [-0.05, 0) is 61.6 Å². The van der Waals surface area contributed by atoms with Crippen LogP contribution in [0, 0.1) is 5.92 Å². The number of likely N-dealkylation sites (tertiary alicyclic amines) is 1. The van der Waals surface area contributed by atoms with Crippen molar-refractivity contribution < 1.29 is 9.59 Å². The van der Waals surface area contributed by atoms with E-state index in [1.54, 1.807) is 6.20 Å². The third kappa shape index (κ3) is 4.61. The van der Waals surface area contributed by atoms with Crippen molar-refractivity contribution in [2.24, 2.45) is 5.92 Å². The molecular weight excluding hydrogens is 390 g/mol. The average molecular weight is 422 g/mol. The van der Waals surface area contributed by atoms with Crippen molar-refractivity contribution in [3.63, 3.8) is 0 Å². The highest BCUT2D eigenvalue weighted by molar-refractivity contribution is 5.94. The number of amides is 2. The van der Waals surface area contributed by atoms with Gasteiger partial charge in [0.15, 0.2) is 0 Å². The number of benzene rings is 1. The Bertz CT molecular complexity index is 899. The van der Waals surface area contributed by atoms with Crippen molar-refractivity contribution in [3.05, 3.63) is 59.4 Å². The van der Waals surface area contributed by atoms with Crippen molar-refractivity contribution >= 4 is 11.8 Å². The van der Waals surface area contributed by atoms with Crippen molar-refractivity contribution in [1.82, 2.24) is 25.7 Å². The topological polar surface area (TPSA) is 87.2 Å². The summed E-state index contributed by atoms with van der Waals surface area (Å²) in [5.41, 5.74) is 2.14. The lowest BCUT2D eigenvalue weighted by Crippen LogP contribution is -2.48. The monoisotopic (exact) mass is 421 g/mol. The van der Waals surface area contributed by atoms with Gasteiger partial charge in [0.2, 0.25) is 5.91 Å². The molecule has 0 spiro atoms. The van der Waals surface area contributed by atoms with Crippen LogP contribution in [0.25, 0.3) is 0 Å². The van der Waals surface area contributed by atoms with Crippen LogP contribution >= 0.6 is 0 Å². The molecule has 7 heteroatoms. The zero-order chi connectivity index (χ0) is 21.8. The zero-order valence-corrected chi connectivity index (χ0v) is 18.3. The molecule has 3 heterocycles. The molecule has 1 atom stereocenters. The van der Waals surface area contributed by atoms with Crippen LogP contribution in [0.4, 0.5) is 0 Å². The number of hydrogen-bond donors (Lipinski definition) is 2. The van der Waals surface area contributed by atoms with Gasteiger partial charge in [-0.25, -0.2) is 0 Å². The van der Waals surface area contributed by atoms with Crippen LogP contribution < -0.4 is 10.6 Å². The molecule has 0 radical (unpaired) electrons. The second-order valence-electron chi connectivity index (χ2n) is 8.95. The van der Waals surface area contributed by atoms with Gasteiger partial charge in [0.25, 0.3) is 5.91 Å². The Labute approximate surface area is 183 Å². The molecule has 0 aliphatic carbocycles. The molecular formula is C24H31N5O2. The molecule has 2 aliphatic heterocycles. The molecule has 1 aromatic carbocycles. The predicted octanol–water partition coefficient (Wildman–Crippen LogP) is 2.46. The van der Waals surface area contributed by atoms with Crippen LogP contribution in [-0.2, 0) is 10.3 Å². The number of hydrogen-bond acceptors (Lipinski definition) is 5. The van der Waals surface area contributed by atoms with Crippen molar-refractivity contribution in [2.45, 2.75) is 44.6 Å². The first-order chi connectivity index (χ1) is 15.0. The maximum atomic E-state index is 13.0. The zero-order valence-electron chi connectivity index (χ0n) is 18.3. The van der Waals surface area contributed by atoms with Gasteiger partial charge in [0.05, 0.1) is 11.2 Å². The normalized spacial score (nSPS) is 22.0. The van der Waals surface area contributed by atoms with E-state index in [0.29, 0.717) is 18.0 Å². The fraction of sp³-hybridized carbons (Fsp3) is 0.500. The fourth-order valence-corrected chi connectivity index (χ4v) is 4.63. The number of nitrogens with one attached hydrogen (secondary N) is 2. The first kappa shape index (κ1) is 21.4. The van der Waals surface area contributed by atoms with Crippen LogP contribution in [0.5, 0.6) is 0 Å². The molecule has 1 aromatic heterocycles. The second-order valence-corrected chi connectivity index (χ2v) is 8.95. The van der Waals surface area contributed by atoms with Gasteiger partial charge in [-0.1, -0.05) is 26.0 Å². The van der Waals surface area contributed by atoms with Gasteiger partial charge in [-0.2, -0.15) is 10.2 Å². The average Bonchev–Trinajstić information content (AvgIpc) is 3.29. The van der Waals surface area contributed by atoms with E-state index in [0.717, 1.165) is 44.6 Å². The van der Waals surface area contributed by atoms with E-state index in [2.05, 4.69) is 33.0 Å². The summed E-state index contributed by atoms with van der Waals surface area (Å²) in [5.74, 6) is 0.620. The van der Waals surface area contributed by atoms with Gasteiger partial charge in [0.1, 0.15) is 0 Å². The molecule has 2 N–H and O–H groups in total. The van der Waals surface area contributed by atoms with Gasteiger partial charge in [-0.3, -0.25) is 9.59 Å². The summed E-state index contributed by atoms with van der Waals surface area (Å²) in [6, 6.07) is 11.7. The summed E-state index contributed by atoms with van der Waals surface area (Å²) in [4.78, 5) is 27.2.